The number of halogens is 1. The Bertz CT molecular complexity index is 888. The van der Waals surface area contributed by atoms with Gasteiger partial charge in [0.15, 0.2) is 0 Å². The maximum absolute atomic E-state index is 12.8. The summed E-state index contributed by atoms with van der Waals surface area (Å²) in [5.74, 6) is 0.116. The number of benzene rings is 2. The minimum atomic E-state index is 0. The van der Waals surface area contributed by atoms with Crippen molar-refractivity contribution >= 4 is 41.5 Å². The first-order valence-corrected chi connectivity index (χ1v) is 12.8. The minimum absolute atomic E-state index is 0. The molecule has 2 unspecified atom stereocenters. The van der Waals surface area contributed by atoms with Gasteiger partial charge in [0, 0.05) is 53.0 Å². The van der Waals surface area contributed by atoms with Crippen LogP contribution in [0.5, 0.6) is 0 Å². The third-order valence-corrected chi connectivity index (χ3v) is 7.94. The van der Waals surface area contributed by atoms with E-state index in [-0.39, 0.29) is 18.3 Å². The van der Waals surface area contributed by atoms with Crippen LogP contribution in [0, 0.1) is 0 Å². The van der Waals surface area contributed by atoms with E-state index in [4.69, 9.17) is 0 Å². The van der Waals surface area contributed by atoms with Gasteiger partial charge in [-0.15, -0.1) is 24.2 Å². The molecule has 1 amide bonds. The average Bonchev–Trinajstić information content (AvgIpc) is 3.00. The number of carbonyl (C=O) groups excluding carboxylic acids is 1. The topological polar surface area (TPSA) is 26.8 Å². The van der Waals surface area contributed by atoms with Gasteiger partial charge < -0.3 is 14.7 Å². The number of hydrogen-bond acceptors (Lipinski definition) is 4. The summed E-state index contributed by atoms with van der Waals surface area (Å²) in [6.45, 7) is 5.54. The van der Waals surface area contributed by atoms with Crippen molar-refractivity contribution in [1.82, 2.24) is 9.80 Å². The van der Waals surface area contributed by atoms with Gasteiger partial charge in [-0.1, -0.05) is 6.07 Å². The van der Waals surface area contributed by atoms with Gasteiger partial charge in [-0.05, 0) is 95.3 Å². The average molecular weight is 474 g/mol. The van der Waals surface area contributed by atoms with Crippen LogP contribution < -0.4 is 4.90 Å². The van der Waals surface area contributed by atoms with E-state index in [0.29, 0.717) is 18.1 Å². The lowest BCUT2D eigenvalue weighted by Gasteiger charge is -2.43. The third-order valence-electron chi connectivity index (χ3n) is 7.21. The maximum atomic E-state index is 12.8. The van der Waals surface area contributed by atoms with Crippen LogP contribution in [0.25, 0.3) is 0 Å². The second kappa shape index (κ2) is 11.0. The van der Waals surface area contributed by atoms with Crippen molar-refractivity contribution in [3.8, 4) is 0 Å². The van der Waals surface area contributed by atoms with E-state index in [0.717, 1.165) is 18.7 Å². The molecule has 6 heteroatoms. The molecule has 4 nitrogen and oxygen atoms in total. The lowest BCUT2D eigenvalue weighted by Crippen LogP contribution is -2.47. The lowest BCUT2D eigenvalue weighted by molar-refractivity contribution is 0.0773. The zero-order valence-electron chi connectivity index (χ0n) is 19.7. The summed E-state index contributed by atoms with van der Waals surface area (Å²) in [5.41, 5.74) is 3.21. The first-order chi connectivity index (χ1) is 15.0. The van der Waals surface area contributed by atoms with Crippen LogP contribution in [0.3, 0.4) is 0 Å². The van der Waals surface area contributed by atoms with Crippen molar-refractivity contribution in [2.75, 3.05) is 31.3 Å². The summed E-state index contributed by atoms with van der Waals surface area (Å²) in [6.07, 6.45) is 7.14. The Balaban J connectivity index is 0.00000289. The fourth-order valence-corrected chi connectivity index (χ4v) is 5.84. The Labute approximate surface area is 203 Å². The number of hydrogen-bond donors (Lipinski definition) is 0. The van der Waals surface area contributed by atoms with Crippen molar-refractivity contribution in [3.63, 3.8) is 0 Å². The Morgan fingerprint density at radius 1 is 1.00 bits per heavy atom. The number of amides is 1. The van der Waals surface area contributed by atoms with Crippen LogP contribution >= 0.6 is 24.2 Å². The molecule has 2 atom stereocenters. The highest BCUT2D eigenvalue weighted by Gasteiger charge is 2.40. The highest BCUT2D eigenvalue weighted by molar-refractivity contribution is 7.98. The number of piperidine rings is 1. The van der Waals surface area contributed by atoms with E-state index in [1.54, 1.807) is 11.8 Å². The fraction of sp³-hybridized carbons (Fsp3) is 0.500. The summed E-state index contributed by atoms with van der Waals surface area (Å²) in [6, 6.07) is 19.0. The zero-order chi connectivity index (χ0) is 22.0. The number of anilines is 2. The molecule has 0 spiro atoms. The molecule has 0 N–H and O–H groups in total. The standard InChI is InChI=1S/C26H35N3OS.ClH/c1-5-28(6-2)26(30)19-10-12-20(13-11-19)29(23-8-7-9-25(18-23)31-4)24-16-21-14-15-22(17-24)27(21)3;/h7-13,18,21-22,24H,5-6,14-17H2,1-4H3;1H. The van der Waals surface area contributed by atoms with Crippen molar-refractivity contribution in [2.45, 2.75) is 62.6 Å². The Morgan fingerprint density at radius 3 is 2.19 bits per heavy atom. The molecule has 2 aromatic carbocycles. The van der Waals surface area contributed by atoms with Crippen LogP contribution in [-0.4, -0.2) is 60.2 Å². The van der Waals surface area contributed by atoms with E-state index < -0.39 is 0 Å². The van der Waals surface area contributed by atoms with Crippen LogP contribution in [0.1, 0.15) is 49.9 Å². The summed E-state index contributed by atoms with van der Waals surface area (Å²) in [4.78, 5) is 21.1. The minimum Gasteiger partial charge on any atom is -0.339 e. The molecule has 0 aromatic heterocycles. The van der Waals surface area contributed by atoms with Crippen LogP contribution in [0.2, 0.25) is 0 Å². The van der Waals surface area contributed by atoms with Gasteiger partial charge >= 0.3 is 0 Å². The van der Waals surface area contributed by atoms with Crippen molar-refractivity contribution in [3.05, 3.63) is 54.1 Å². The fourth-order valence-electron chi connectivity index (χ4n) is 5.38. The van der Waals surface area contributed by atoms with E-state index in [1.807, 2.05) is 30.9 Å². The summed E-state index contributed by atoms with van der Waals surface area (Å²) in [5, 5.41) is 0. The number of rotatable bonds is 7. The van der Waals surface area contributed by atoms with E-state index in [9.17, 15) is 4.79 Å². The van der Waals surface area contributed by atoms with Gasteiger partial charge in [-0.3, -0.25) is 4.79 Å². The SMILES string of the molecule is CCN(CC)C(=O)c1ccc(N(c2cccc(SC)c2)C2CC3CCC(C2)N3C)cc1.Cl. The molecule has 174 valence electrons. The van der Waals surface area contributed by atoms with Gasteiger partial charge in [-0.25, -0.2) is 0 Å². The smallest absolute Gasteiger partial charge is 0.253 e. The molecule has 2 bridgehead atoms. The third kappa shape index (κ3) is 4.95. The van der Waals surface area contributed by atoms with Crippen molar-refractivity contribution < 1.29 is 4.79 Å². The number of carbonyl (C=O) groups is 1. The molecule has 2 saturated heterocycles. The zero-order valence-corrected chi connectivity index (χ0v) is 21.3. The summed E-state index contributed by atoms with van der Waals surface area (Å²) >= 11 is 1.79. The van der Waals surface area contributed by atoms with Gasteiger partial charge in [0.2, 0.25) is 0 Å². The predicted octanol–water partition coefficient (Wildman–Crippen LogP) is 6.08. The van der Waals surface area contributed by atoms with Crippen molar-refractivity contribution in [1.29, 1.82) is 0 Å². The maximum Gasteiger partial charge on any atom is 0.253 e. The Morgan fingerprint density at radius 2 is 1.62 bits per heavy atom. The van der Waals surface area contributed by atoms with E-state index >= 15 is 0 Å². The second-order valence-electron chi connectivity index (χ2n) is 8.77. The summed E-state index contributed by atoms with van der Waals surface area (Å²) in [7, 11) is 2.30. The first-order valence-electron chi connectivity index (χ1n) is 11.6. The van der Waals surface area contributed by atoms with Gasteiger partial charge in [0.25, 0.3) is 5.91 Å². The highest BCUT2D eigenvalue weighted by atomic mass is 35.5. The molecule has 2 aromatic rings. The van der Waals surface area contributed by atoms with Crippen LogP contribution in [0.4, 0.5) is 11.4 Å². The van der Waals surface area contributed by atoms with Gasteiger partial charge in [0.05, 0.1) is 0 Å². The van der Waals surface area contributed by atoms with Crippen LogP contribution in [0.15, 0.2) is 53.4 Å². The molecule has 0 saturated carbocycles. The molecule has 0 radical (unpaired) electrons. The molecule has 2 fully saturated rings. The number of nitrogens with zero attached hydrogens (tertiary/aromatic N) is 3. The van der Waals surface area contributed by atoms with E-state index in [2.05, 4.69) is 59.5 Å². The largest absolute Gasteiger partial charge is 0.339 e. The van der Waals surface area contributed by atoms with Gasteiger partial charge in [0.1, 0.15) is 0 Å². The molecule has 2 aliphatic heterocycles. The Kier molecular flexibility index (Phi) is 8.54. The predicted molar refractivity (Wildman–Crippen MR) is 139 cm³/mol. The molecular weight excluding hydrogens is 438 g/mol. The number of thioether (sulfide) groups is 1. The molecule has 4 rings (SSSR count). The quantitative estimate of drug-likeness (QED) is 0.455. The van der Waals surface area contributed by atoms with Crippen LogP contribution in [-0.2, 0) is 0 Å². The van der Waals surface area contributed by atoms with Crippen molar-refractivity contribution in [2.24, 2.45) is 0 Å². The Hall–Kier alpha value is -1.69. The highest BCUT2D eigenvalue weighted by Crippen LogP contribution is 2.41. The normalized spacial score (nSPS) is 22.3. The molecule has 32 heavy (non-hydrogen) atoms. The molecular formula is C26H36ClN3OS. The molecule has 0 aliphatic carbocycles. The lowest BCUT2D eigenvalue weighted by atomic mass is 9.95. The first kappa shape index (κ1) is 24.9. The van der Waals surface area contributed by atoms with Gasteiger partial charge in [-0.2, -0.15) is 0 Å². The molecule has 2 aliphatic rings. The molecule has 2 heterocycles. The van der Waals surface area contributed by atoms with E-state index in [1.165, 1.54) is 42.0 Å². The number of fused-ring (bicyclic) bond motifs is 2. The summed E-state index contributed by atoms with van der Waals surface area (Å²) < 4.78 is 0. The second-order valence-corrected chi connectivity index (χ2v) is 9.65. The monoisotopic (exact) mass is 473 g/mol.